The fourth-order valence-corrected chi connectivity index (χ4v) is 3.51. The zero-order chi connectivity index (χ0) is 13.0. The molecule has 0 aromatic rings. The number of likely N-dealkylation sites (tertiary alicyclic amines) is 1. The Hall–Kier alpha value is -0.160. The summed E-state index contributed by atoms with van der Waals surface area (Å²) in [5, 5.41) is 0. The number of nitrogens with two attached hydrogens (primary N) is 1. The number of hydrogen-bond donors (Lipinski definition) is 1. The van der Waals surface area contributed by atoms with E-state index in [-0.39, 0.29) is 0 Å². The van der Waals surface area contributed by atoms with E-state index in [0.29, 0.717) is 18.7 Å². The molecule has 3 atom stereocenters. The van der Waals surface area contributed by atoms with Gasteiger partial charge in [0.15, 0.2) is 0 Å². The lowest BCUT2D eigenvalue weighted by Crippen LogP contribution is -2.50. The summed E-state index contributed by atoms with van der Waals surface area (Å²) in [6, 6.07) is 1.11. The average Bonchev–Trinajstić information content (AvgIpc) is 3.01. The van der Waals surface area contributed by atoms with Gasteiger partial charge in [0.05, 0.1) is 6.10 Å². The summed E-state index contributed by atoms with van der Waals surface area (Å²) in [5.41, 5.74) is 5.96. The fourth-order valence-electron chi connectivity index (χ4n) is 3.51. The zero-order valence-electron chi connectivity index (χ0n) is 12.0. The number of rotatable bonds is 6. The molecule has 2 saturated heterocycles. The lowest BCUT2D eigenvalue weighted by Gasteiger charge is -2.35. The molecule has 106 valence electrons. The van der Waals surface area contributed by atoms with Crippen molar-refractivity contribution in [1.82, 2.24) is 9.80 Å². The summed E-state index contributed by atoms with van der Waals surface area (Å²) in [7, 11) is 2.21. The second-order valence-electron chi connectivity index (χ2n) is 5.72. The van der Waals surface area contributed by atoms with E-state index in [1.165, 1.54) is 38.8 Å². The van der Waals surface area contributed by atoms with Crippen molar-refractivity contribution in [3.63, 3.8) is 0 Å². The molecule has 0 saturated carbocycles. The summed E-state index contributed by atoms with van der Waals surface area (Å²) in [6.07, 6.45) is 5.41. The maximum absolute atomic E-state index is 5.96. The highest BCUT2D eigenvalue weighted by atomic mass is 16.5. The third-order valence-corrected chi connectivity index (χ3v) is 4.61. The highest BCUT2D eigenvalue weighted by molar-refractivity contribution is 4.87. The van der Waals surface area contributed by atoms with Crippen LogP contribution in [0.15, 0.2) is 0 Å². The molecule has 0 aromatic heterocycles. The highest BCUT2D eigenvalue weighted by Crippen LogP contribution is 2.22. The molecule has 2 fully saturated rings. The first-order valence-electron chi connectivity index (χ1n) is 7.52. The van der Waals surface area contributed by atoms with E-state index in [1.54, 1.807) is 0 Å². The maximum Gasteiger partial charge on any atom is 0.0743 e. The SMILES string of the molecule is CCN1CCCC1CN(C)C(CN)C1CCCO1. The van der Waals surface area contributed by atoms with Gasteiger partial charge >= 0.3 is 0 Å². The number of nitrogens with zero attached hydrogens (tertiary/aromatic N) is 2. The molecular weight excluding hydrogens is 226 g/mol. The van der Waals surface area contributed by atoms with E-state index in [2.05, 4.69) is 23.8 Å². The van der Waals surface area contributed by atoms with Crippen molar-refractivity contribution >= 4 is 0 Å². The van der Waals surface area contributed by atoms with Crippen LogP contribution in [0.5, 0.6) is 0 Å². The predicted octanol–water partition coefficient (Wildman–Crippen LogP) is 0.909. The third kappa shape index (κ3) is 3.23. The topological polar surface area (TPSA) is 41.7 Å². The highest BCUT2D eigenvalue weighted by Gasteiger charge is 2.31. The molecule has 0 amide bonds. The van der Waals surface area contributed by atoms with Gasteiger partial charge in [0, 0.05) is 31.8 Å². The number of hydrogen-bond acceptors (Lipinski definition) is 4. The largest absolute Gasteiger partial charge is 0.377 e. The van der Waals surface area contributed by atoms with Gasteiger partial charge in [-0.2, -0.15) is 0 Å². The summed E-state index contributed by atoms with van der Waals surface area (Å²) in [5.74, 6) is 0. The molecule has 0 spiro atoms. The van der Waals surface area contributed by atoms with Crippen LogP contribution in [0.1, 0.15) is 32.6 Å². The Bertz CT molecular complexity index is 243. The quantitative estimate of drug-likeness (QED) is 0.766. The molecule has 2 aliphatic rings. The molecule has 2 heterocycles. The Morgan fingerprint density at radius 3 is 2.83 bits per heavy atom. The first-order chi connectivity index (χ1) is 8.76. The molecule has 0 aromatic carbocycles. The van der Waals surface area contributed by atoms with Crippen LogP contribution in [0.25, 0.3) is 0 Å². The molecule has 3 unspecified atom stereocenters. The van der Waals surface area contributed by atoms with E-state index in [9.17, 15) is 0 Å². The lowest BCUT2D eigenvalue weighted by molar-refractivity contribution is 0.0293. The van der Waals surface area contributed by atoms with Gasteiger partial charge < -0.3 is 10.5 Å². The van der Waals surface area contributed by atoms with Crippen LogP contribution >= 0.6 is 0 Å². The van der Waals surface area contributed by atoms with Crippen molar-refractivity contribution in [2.24, 2.45) is 5.73 Å². The van der Waals surface area contributed by atoms with Gasteiger partial charge in [-0.25, -0.2) is 0 Å². The van der Waals surface area contributed by atoms with Gasteiger partial charge in [-0.05, 0) is 45.8 Å². The van der Waals surface area contributed by atoms with Crippen LogP contribution in [0.2, 0.25) is 0 Å². The standard InChI is InChI=1S/C14H29N3O/c1-3-17-8-4-6-12(17)11-16(2)13(10-15)14-7-5-9-18-14/h12-14H,3-11,15H2,1-2H3. The molecule has 18 heavy (non-hydrogen) atoms. The molecule has 0 bridgehead atoms. The van der Waals surface area contributed by atoms with E-state index >= 15 is 0 Å². The minimum Gasteiger partial charge on any atom is -0.377 e. The van der Waals surface area contributed by atoms with Gasteiger partial charge in [-0.15, -0.1) is 0 Å². The van der Waals surface area contributed by atoms with Crippen LogP contribution in [0, 0.1) is 0 Å². The minimum absolute atomic E-state index is 0.358. The lowest BCUT2D eigenvalue weighted by atomic mass is 10.1. The van der Waals surface area contributed by atoms with Crippen LogP contribution < -0.4 is 5.73 Å². The predicted molar refractivity (Wildman–Crippen MR) is 74.7 cm³/mol. The van der Waals surface area contributed by atoms with Gasteiger partial charge in [0.2, 0.25) is 0 Å². The minimum atomic E-state index is 0.358. The van der Waals surface area contributed by atoms with Gasteiger partial charge in [-0.3, -0.25) is 9.80 Å². The van der Waals surface area contributed by atoms with Crippen LogP contribution in [-0.4, -0.2) is 67.8 Å². The van der Waals surface area contributed by atoms with E-state index in [4.69, 9.17) is 10.5 Å². The van der Waals surface area contributed by atoms with Crippen molar-refractivity contribution in [2.75, 3.05) is 39.8 Å². The first kappa shape index (κ1) is 14.3. The van der Waals surface area contributed by atoms with Crippen molar-refractivity contribution in [2.45, 2.75) is 50.8 Å². The second-order valence-corrected chi connectivity index (χ2v) is 5.72. The molecule has 0 radical (unpaired) electrons. The molecule has 0 aliphatic carbocycles. The molecule has 4 nitrogen and oxygen atoms in total. The Labute approximate surface area is 111 Å². The summed E-state index contributed by atoms with van der Waals surface area (Å²) < 4.78 is 5.81. The Morgan fingerprint density at radius 2 is 2.22 bits per heavy atom. The fraction of sp³-hybridized carbons (Fsp3) is 1.00. The van der Waals surface area contributed by atoms with E-state index in [0.717, 1.165) is 19.2 Å². The molecule has 4 heteroatoms. The van der Waals surface area contributed by atoms with Crippen molar-refractivity contribution in [3.8, 4) is 0 Å². The van der Waals surface area contributed by atoms with Gasteiger partial charge in [-0.1, -0.05) is 6.92 Å². The normalized spacial score (nSPS) is 31.3. The summed E-state index contributed by atoms with van der Waals surface area (Å²) >= 11 is 0. The summed E-state index contributed by atoms with van der Waals surface area (Å²) in [6.45, 7) is 7.46. The molecule has 2 N–H and O–H groups in total. The van der Waals surface area contributed by atoms with E-state index < -0.39 is 0 Å². The monoisotopic (exact) mass is 255 g/mol. The van der Waals surface area contributed by atoms with Crippen molar-refractivity contribution in [1.29, 1.82) is 0 Å². The number of ether oxygens (including phenoxy) is 1. The third-order valence-electron chi connectivity index (χ3n) is 4.61. The molecule has 2 rings (SSSR count). The Balaban J connectivity index is 1.86. The van der Waals surface area contributed by atoms with E-state index in [1.807, 2.05) is 0 Å². The Kier molecular flexibility index (Phi) is 5.42. The Morgan fingerprint density at radius 1 is 1.39 bits per heavy atom. The van der Waals surface area contributed by atoms with Crippen LogP contribution in [0.4, 0.5) is 0 Å². The van der Waals surface area contributed by atoms with Crippen LogP contribution in [0.3, 0.4) is 0 Å². The smallest absolute Gasteiger partial charge is 0.0743 e. The van der Waals surface area contributed by atoms with Gasteiger partial charge in [0.25, 0.3) is 0 Å². The molecular formula is C14H29N3O. The number of likely N-dealkylation sites (N-methyl/N-ethyl adjacent to an activating group) is 2. The summed E-state index contributed by atoms with van der Waals surface area (Å²) in [4.78, 5) is 5.04. The van der Waals surface area contributed by atoms with Crippen molar-refractivity contribution in [3.05, 3.63) is 0 Å². The van der Waals surface area contributed by atoms with Crippen LogP contribution in [-0.2, 0) is 4.74 Å². The van der Waals surface area contributed by atoms with Gasteiger partial charge in [0.1, 0.15) is 0 Å². The van der Waals surface area contributed by atoms with Crippen molar-refractivity contribution < 1.29 is 4.74 Å². The molecule has 2 aliphatic heterocycles. The maximum atomic E-state index is 5.96. The first-order valence-corrected chi connectivity index (χ1v) is 7.52. The average molecular weight is 255 g/mol. The second kappa shape index (κ2) is 6.85. The zero-order valence-corrected chi connectivity index (χ0v) is 12.0.